The van der Waals surface area contributed by atoms with Gasteiger partial charge >= 0.3 is 12.2 Å². The molecule has 0 atom stereocenters. The van der Waals surface area contributed by atoms with Crippen LogP contribution in [0.1, 0.15) is 47.5 Å². The van der Waals surface area contributed by atoms with Gasteiger partial charge in [-0.15, -0.1) is 0 Å². The number of hydrogen-bond donors (Lipinski definition) is 0. The van der Waals surface area contributed by atoms with E-state index in [0.29, 0.717) is 32.2 Å². The summed E-state index contributed by atoms with van der Waals surface area (Å²) in [7, 11) is 0. The van der Waals surface area contributed by atoms with E-state index in [1.54, 1.807) is 23.6 Å². The van der Waals surface area contributed by atoms with Crippen LogP contribution in [0, 0.1) is 0 Å². The normalized spacial score (nSPS) is 20.5. The number of amides is 2. The first-order valence-electron chi connectivity index (χ1n) is 9.76. The van der Waals surface area contributed by atoms with Crippen molar-refractivity contribution in [2.24, 2.45) is 0 Å². The molecule has 2 rings (SSSR count). The number of piperidine rings is 1. The topological polar surface area (TPSA) is 62.3 Å². The Balaban J connectivity index is 1.75. The molecule has 2 heterocycles. The van der Waals surface area contributed by atoms with Crippen LogP contribution in [0.2, 0.25) is 0 Å². The van der Waals surface area contributed by atoms with Gasteiger partial charge in [-0.3, -0.25) is 4.90 Å². The minimum absolute atomic E-state index is 0.254. The Labute approximate surface area is 161 Å². The van der Waals surface area contributed by atoms with Crippen molar-refractivity contribution in [1.29, 1.82) is 0 Å². The number of nitrogens with zero attached hydrogens (tertiary/aromatic N) is 3. The first kappa shape index (κ1) is 21.7. The van der Waals surface area contributed by atoms with Crippen molar-refractivity contribution in [2.45, 2.75) is 64.7 Å². The van der Waals surface area contributed by atoms with E-state index in [-0.39, 0.29) is 6.09 Å². The first-order chi connectivity index (χ1) is 12.5. The number of carbonyl (C=O) groups is 2. The van der Waals surface area contributed by atoms with E-state index in [0.717, 1.165) is 25.9 Å². The number of halogens is 1. The van der Waals surface area contributed by atoms with E-state index in [9.17, 15) is 14.0 Å². The molecule has 0 N–H and O–H groups in total. The van der Waals surface area contributed by atoms with Crippen LogP contribution >= 0.6 is 0 Å². The second-order valence-electron chi connectivity index (χ2n) is 8.98. The van der Waals surface area contributed by atoms with Gasteiger partial charge in [-0.05, 0) is 47.5 Å². The Morgan fingerprint density at radius 3 is 1.81 bits per heavy atom. The summed E-state index contributed by atoms with van der Waals surface area (Å²) in [5.74, 6) is 0. The van der Waals surface area contributed by atoms with E-state index in [2.05, 4.69) is 4.90 Å². The number of carbonyl (C=O) groups excluding carboxylic acids is 2. The average molecular weight is 387 g/mol. The van der Waals surface area contributed by atoms with Crippen molar-refractivity contribution in [3.05, 3.63) is 0 Å². The molecular weight excluding hydrogens is 353 g/mol. The second kappa shape index (κ2) is 8.63. The van der Waals surface area contributed by atoms with Crippen molar-refractivity contribution in [3.63, 3.8) is 0 Å². The van der Waals surface area contributed by atoms with Crippen LogP contribution in [0.5, 0.6) is 0 Å². The summed E-state index contributed by atoms with van der Waals surface area (Å²) in [5.41, 5.74) is -1.56. The molecular formula is C19H34FN3O4. The number of rotatable bonds is 3. The third kappa shape index (κ3) is 6.52. The highest BCUT2D eigenvalue weighted by Crippen LogP contribution is 2.21. The smallest absolute Gasteiger partial charge is 0.410 e. The van der Waals surface area contributed by atoms with Crippen LogP contribution < -0.4 is 0 Å². The molecule has 2 fully saturated rings. The maximum atomic E-state index is 12.8. The van der Waals surface area contributed by atoms with Crippen LogP contribution in [0.15, 0.2) is 0 Å². The van der Waals surface area contributed by atoms with Crippen molar-refractivity contribution in [3.8, 4) is 0 Å². The molecule has 8 heteroatoms. The zero-order valence-corrected chi connectivity index (χ0v) is 17.3. The monoisotopic (exact) mass is 387 g/mol. The molecule has 0 bridgehead atoms. The van der Waals surface area contributed by atoms with E-state index in [1.807, 2.05) is 20.8 Å². The third-order valence-corrected chi connectivity index (χ3v) is 4.89. The lowest BCUT2D eigenvalue weighted by molar-refractivity contribution is -0.0131. The van der Waals surface area contributed by atoms with E-state index >= 15 is 0 Å². The zero-order chi connectivity index (χ0) is 20.2. The molecule has 0 aromatic heterocycles. The van der Waals surface area contributed by atoms with Crippen LogP contribution in [-0.4, -0.2) is 90.1 Å². The Bertz CT molecular complexity index is 520. The maximum absolute atomic E-state index is 12.8. The Morgan fingerprint density at radius 2 is 1.33 bits per heavy atom. The minimum Gasteiger partial charge on any atom is -0.444 e. The Morgan fingerprint density at radius 1 is 0.852 bits per heavy atom. The molecule has 2 aliphatic rings. The zero-order valence-electron chi connectivity index (χ0n) is 17.3. The molecule has 0 aromatic rings. The van der Waals surface area contributed by atoms with Gasteiger partial charge in [-0.2, -0.15) is 0 Å². The van der Waals surface area contributed by atoms with E-state index < -0.39 is 24.0 Å². The number of likely N-dealkylation sites (tertiary alicyclic amines) is 1. The molecule has 7 nitrogen and oxygen atoms in total. The van der Waals surface area contributed by atoms with E-state index in [1.165, 1.54) is 0 Å². The molecule has 0 saturated carbocycles. The lowest BCUT2D eigenvalue weighted by atomic mass is 10.0. The highest BCUT2D eigenvalue weighted by Gasteiger charge is 2.33. The molecule has 0 spiro atoms. The summed E-state index contributed by atoms with van der Waals surface area (Å²) in [4.78, 5) is 30.1. The van der Waals surface area contributed by atoms with Crippen LogP contribution in [0.3, 0.4) is 0 Å². The molecule has 156 valence electrons. The van der Waals surface area contributed by atoms with Crippen LogP contribution in [0.25, 0.3) is 0 Å². The fraction of sp³-hybridized carbons (Fsp3) is 0.895. The van der Waals surface area contributed by atoms with Gasteiger partial charge < -0.3 is 19.3 Å². The summed E-state index contributed by atoms with van der Waals surface area (Å²) in [5, 5.41) is 0. The Kier molecular flexibility index (Phi) is 6.94. The molecule has 2 saturated heterocycles. The number of alkyl halides is 1. The predicted octanol–water partition coefficient (Wildman–Crippen LogP) is 2.89. The van der Waals surface area contributed by atoms with Crippen LogP contribution in [-0.2, 0) is 9.47 Å². The summed E-state index contributed by atoms with van der Waals surface area (Å²) in [6.45, 7) is 12.2. The quantitative estimate of drug-likeness (QED) is 0.745. The summed E-state index contributed by atoms with van der Waals surface area (Å²) >= 11 is 0. The molecule has 0 aliphatic carbocycles. The number of piperazine rings is 1. The predicted molar refractivity (Wildman–Crippen MR) is 101 cm³/mol. The summed E-state index contributed by atoms with van der Waals surface area (Å²) in [6, 6.07) is 0.393. The van der Waals surface area contributed by atoms with Gasteiger partial charge in [-0.1, -0.05) is 0 Å². The van der Waals surface area contributed by atoms with Crippen molar-refractivity contribution < 1.29 is 23.5 Å². The lowest BCUT2D eigenvalue weighted by Crippen LogP contribution is -2.55. The standard InChI is InChI=1S/C19H34FN3O4/c1-18(2,3)26-16(24)23-12-10-21(11-13-23)15-6-8-22(9-7-15)17(25)27-19(4,5)14-20/h15H,6-14H2,1-5H3. The highest BCUT2D eigenvalue weighted by molar-refractivity contribution is 5.68. The van der Waals surface area contributed by atoms with Crippen molar-refractivity contribution in [1.82, 2.24) is 14.7 Å². The summed E-state index contributed by atoms with van der Waals surface area (Å²) < 4.78 is 23.5. The number of ether oxygens (including phenoxy) is 2. The van der Waals surface area contributed by atoms with Gasteiger partial charge in [0, 0.05) is 45.3 Å². The molecule has 27 heavy (non-hydrogen) atoms. The minimum atomic E-state index is -1.08. The summed E-state index contributed by atoms with van der Waals surface area (Å²) in [6.07, 6.45) is 1.02. The SMILES string of the molecule is CC(C)(C)OC(=O)N1CCN(C2CCN(C(=O)OC(C)(C)CF)CC2)CC1. The molecule has 0 unspecified atom stereocenters. The molecule has 2 aliphatic heterocycles. The number of hydrogen-bond acceptors (Lipinski definition) is 5. The van der Waals surface area contributed by atoms with Crippen molar-refractivity contribution in [2.75, 3.05) is 45.9 Å². The fourth-order valence-electron chi connectivity index (χ4n) is 3.34. The Hall–Kier alpha value is -1.57. The maximum Gasteiger partial charge on any atom is 0.410 e. The third-order valence-electron chi connectivity index (χ3n) is 4.89. The van der Waals surface area contributed by atoms with E-state index in [4.69, 9.17) is 9.47 Å². The molecule has 2 amide bonds. The van der Waals surface area contributed by atoms with Gasteiger partial charge in [0.25, 0.3) is 0 Å². The second-order valence-corrected chi connectivity index (χ2v) is 8.98. The van der Waals surface area contributed by atoms with Gasteiger partial charge in [0.2, 0.25) is 0 Å². The van der Waals surface area contributed by atoms with Crippen molar-refractivity contribution >= 4 is 12.2 Å². The fourth-order valence-corrected chi connectivity index (χ4v) is 3.34. The highest BCUT2D eigenvalue weighted by atomic mass is 19.1. The van der Waals surface area contributed by atoms with Gasteiger partial charge in [0.15, 0.2) is 0 Å². The van der Waals surface area contributed by atoms with Crippen LogP contribution in [0.4, 0.5) is 14.0 Å². The molecule has 0 aromatic carbocycles. The largest absolute Gasteiger partial charge is 0.444 e. The average Bonchev–Trinajstić information content (AvgIpc) is 2.60. The van der Waals surface area contributed by atoms with Gasteiger partial charge in [0.1, 0.15) is 17.9 Å². The van der Waals surface area contributed by atoms with Gasteiger partial charge in [-0.25, -0.2) is 14.0 Å². The first-order valence-corrected chi connectivity index (χ1v) is 9.76. The lowest BCUT2D eigenvalue weighted by Gasteiger charge is -2.42. The molecule has 0 radical (unpaired) electrons. The van der Waals surface area contributed by atoms with Gasteiger partial charge in [0.05, 0.1) is 0 Å².